The van der Waals surface area contributed by atoms with Gasteiger partial charge >= 0.3 is 6.18 Å². The van der Waals surface area contributed by atoms with Crippen molar-refractivity contribution in [2.75, 3.05) is 13.6 Å². The van der Waals surface area contributed by atoms with Crippen molar-refractivity contribution in [2.24, 2.45) is 4.99 Å². The molecule has 2 aromatic heterocycles. The molecule has 0 spiro atoms. The smallest absolute Gasteiger partial charge is 0.356 e. The highest BCUT2D eigenvalue weighted by Crippen LogP contribution is 2.30. The molecule has 0 saturated heterocycles. The molecule has 1 atom stereocenters. The Labute approximate surface area is 175 Å². The third-order valence-corrected chi connectivity index (χ3v) is 4.91. The Morgan fingerprint density at radius 2 is 2.19 bits per heavy atom. The van der Waals surface area contributed by atoms with Crippen LogP contribution in [0.4, 0.5) is 13.2 Å². The van der Waals surface area contributed by atoms with Crippen molar-refractivity contribution in [2.45, 2.75) is 44.9 Å². The van der Waals surface area contributed by atoms with Gasteiger partial charge in [0.15, 0.2) is 11.7 Å². The average molecular weight is 515 g/mol. The van der Waals surface area contributed by atoms with E-state index in [-0.39, 0.29) is 30.0 Å². The average Bonchev–Trinajstić information content (AvgIpc) is 3.18. The van der Waals surface area contributed by atoms with Gasteiger partial charge in [-0.15, -0.1) is 35.3 Å². The standard InChI is InChI=1S/C15H20F3N7S.HI/c1-9-21-12-4-3-10(7-25(12)24-9)22-14(19-2)20-6-5-13-23-11(8-26-13)15(16,17)18;/h8,10H,3-7H2,1-2H3,(H2,19,20,22);1H. The Morgan fingerprint density at radius 3 is 2.85 bits per heavy atom. The SMILES string of the molecule is CN=C(NCCc1nc(C(F)(F)F)cs1)NC1CCc2nc(C)nn2C1.I. The van der Waals surface area contributed by atoms with Gasteiger partial charge in [-0.3, -0.25) is 4.99 Å². The molecule has 27 heavy (non-hydrogen) atoms. The highest BCUT2D eigenvalue weighted by molar-refractivity contribution is 14.0. The molecule has 0 fully saturated rings. The first-order valence-electron chi connectivity index (χ1n) is 8.24. The number of halogens is 4. The second kappa shape index (κ2) is 9.17. The lowest BCUT2D eigenvalue weighted by Crippen LogP contribution is -2.47. The molecule has 0 aromatic carbocycles. The predicted octanol–water partition coefficient (Wildman–Crippen LogP) is 2.40. The minimum Gasteiger partial charge on any atom is -0.356 e. The van der Waals surface area contributed by atoms with E-state index >= 15 is 0 Å². The summed E-state index contributed by atoms with van der Waals surface area (Å²) in [5.41, 5.74) is -0.832. The van der Waals surface area contributed by atoms with E-state index in [1.807, 2.05) is 11.6 Å². The molecule has 1 aliphatic heterocycles. The minimum absolute atomic E-state index is 0. The minimum atomic E-state index is -4.39. The van der Waals surface area contributed by atoms with Crippen LogP contribution >= 0.6 is 35.3 Å². The monoisotopic (exact) mass is 515 g/mol. The number of aromatic nitrogens is 4. The van der Waals surface area contributed by atoms with Gasteiger partial charge in [0.1, 0.15) is 11.6 Å². The van der Waals surface area contributed by atoms with Gasteiger partial charge in [0.2, 0.25) is 0 Å². The molecule has 12 heteroatoms. The molecule has 1 unspecified atom stereocenters. The zero-order valence-corrected chi connectivity index (χ0v) is 18.0. The maximum Gasteiger partial charge on any atom is 0.434 e. The maximum atomic E-state index is 12.6. The Bertz CT molecular complexity index is 787. The molecule has 7 nitrogen and oxygen atoms in total. The lowest BCUT2D eigenvalue weighted by Gasteiger charge is -2.25. The molecule has 0 aliphatic carbocycles. The van der Waals surface area contributed by atoms with Crippen molar-refractivity contribution >= 4 is 41.3 Å². The normalized spacial score (nSPS) is 17.2. The largest absolute Gasteiger partial charge is 0.434 e. The number of fused-ring (bicyclic) bond motifs is 1. The predicted molar refractivity (Wildman–Crippen MR) is 108 cm³/mol. The molecule has 0 bridgehead atoms. The zero-order valence-electron chi connectivity index (χ0n) is 14.9. The number of nitrogens with zero attached hydrogens (tertiary/aromatic N) is 5. The van der Waals surface area contributed by atoms with Crippen molar-refractivity contribution in [3.63, 3.8) is 0 Å². The van der Waals surface area contributed by atoms with Crippen molar-refractivity contribution in [3.05, 3.63) is 27.7 Å². The van der Waals surface area contributed by atoms with Gasteiger partial charge in [0.05, 0.1) is 11.6 Å². The van der Waals surface area contributed by atoms with Crippen LogP contribution in [0.5, 0.6) is 0 Å². The van der Waals surface area contributed by atoms with Crippen molar-refractivity contribution in [1.29, 1.82) is 0 Å². The van der Waals surface area contributed by atoms with Crippen molar-refractivity contribution in [3.8, 4) is 0 Å². The molecule has 3 heterocycles. The van der Waals surface area contributed by atoms with Crippen molar-refractivity contribution < 1.29 is 13.2 Å². The Hall–Kier alpha value is -1.44. The van der Waals surface area contributed by atoms with Crippen LogP contribution in [0, 0.1) is 6.92 Å². The topological polar surface area (TPSA) is 80.0 Å². The van der Waals surface area contributed by atoms with E-state index in [1.165, 1.54) is 0 Å². The number of nitrogens with one attached hydrogen (secondary N) is 2. The summed E-state index contributed by atoms with van der Waals surface area (Å²) in [6.07, 6.45) is -2.23. The third kappa shape index (κ3) is 5.77. The molecule has 150 valence electrons. The van der Waals surface area contributed by atoms with Gasteiger partial charge in [-0.25, -0.2) is 14.6 Å². The van der Waals surface area contributed by atoms with E-state index in [0.717, 1.165) is 41.2 Å². The number of aryl methyl sites for hydroxylation is 2. The van der Waals surface area contributed by atoms with Gasteiger partial charge in [0.25, 0.3) is 0 Å². The van der Waals surface area contributed by atoms with Crippen LogP contribution < -0.4 is 10.6 Å². The number of hydrogen-bond acceptors (Lipinski definition) is 5. The van der Waals surface area contributed by atoms with E-state index < -0.39 is 11.9 Å². The second-order valence-electron chi connectivity index (χ2n) is 6.01. The van der Waals surface area contributed by atoms with Gasteiger partial charge in [-0.05, 0) is 13.3 Å². The lowest BCUT2D eigenvalue weighted by molar-refractivity contribution is -0.140. The fourth-order valence-corrected chi connectivity index (χ4v) is 3.59. The number of guanidine groups is 1. The van der Waals surface area contributed by atoms with Crippen LogP contribution in [0.1, 0.15) is 28.8 Å². The zero-order chi connectivity index (χ0) is 18.7. The first-order chi connectivity index (χ1) is 12.3. The molecular formula is C15H21F3IN7S. The first-order valence-corrected chi connectivity index (χ1v) is 9.12. The summed E-state index contributed by atoms with van der Waals surface area (Å²) >= 11 is 1.02. The summed E-state index contributed by atoms with van der Waals surface area (Å²) < 4.78 is 39.6. The quantitative estimate of drug-likeness (QED) is 0.372. The third-order valence-electron chi connectivity index (χ3n) is 4.00. The van der Waals surface area contributed by atoms with Crippen LogP contribution in [0.25, 0.3) is 0 Å². The highest BCUT2D eigenvalue weighted by atomic mass is 127. The van der Waals surface area contributed by atoms with Crippen LogP contribution in [-0.2, 0) is 25.6 Å². The van der Waals surface area contributed by atoms with Gasteiger partial charge < -0.3 is 10.6 Å². The molecule has 2 aromatic rings. The van der Waals surface area contributed by atoms with Gasteiger partial charge in [0, 0.05) is 37.9 Å². The summed E-state index contributed by atoms with van der Waals surface area (Å²) in [6, 6.07) is 0.173. The van der Waals surface area contributed by atoms with Gasteiger partial charge in [-0.1, -0.05) is 0 Å². The van der Waals surface area contributed by atoms with Crippen molar-refractivity contribution in [1.82, 2.24) is 30.4 Å². The molecule has 2 N–H and O–H groups in total. The van der Waals surface area contributed by atoms with E-state index in [1.54, 1.807) is 7.05 Å². The Kier molecular flexibility index (Phi) is 7.42. The van der Waals surface area contributed by atoms with Crippen LogP contribution in [0.2, 0.25) is 0 Å². The summed E-state index contributed by atoms with van der Waals surface area (Å²) in [4.78, 5) is 12.2. The molecular weight excluding hydrogens is 494 g/mol. The van der Waals surface area contributed by atoms with Gasteiger partial charge in [-0.2, -0.15) is 18.3 Å². The van der Waals surface area contributed by atoms with Crippen LogP contribution in [0.3, 0.4) is 0 Å². The molecule has 0 amide bonds. The fraction of sp³-hybridized carbons (Fsp3) is 0.600. The summed E-state index contributed by atoms with van der Waals surface area (Å²) in [6.45, 7) is 3.03. The van der Waals surface area contributed by atoms with Crippen LogP contribution in [0.15, 0.2) is 10.4 Å². The van der Waals surface area contributed by atoms with E-state index in [4.69, 9.17) is 0 Å². The number of hydrogen-bond donors (Lipinski definition) is 2. The highest BCUT2D eigenvalue weighted by Gasteiger charge is 2.33. The molecule has 3 rings (SSSR count). The summed E-state index contributed by atoms with van der Waals surface area (Å²) in [7, 11) is 1.66. The molecule has 0 saturated carbocycles. The number of alkyl halides is 3. The Balaban J connectivity index is 0.00000261. The van der Waals surface area contributed by atoms with E-state index in [2.05, 4.69) is 30.7 Å². The molecule has 0 radical (unpaired) electrons. The number of rotatable bonds is 4. The molecule has 1 aliphatic rings. The van der Waals surface area contributed by atoms with E-state index in [0.29, 0.717) is 30.5 Å². The first kappa shape index (κ1) is 21.9. The van der Waals surface area contributed by atoms with Crippen LogP contribution in [-0.4, -0.2) is 45.3 Å². The Morgan fingerprint density at radius 1 is 1.41 bits per heavy atom. The summed E-state index contributed by atoms with van der Waals surface area (Å²) in [5, 5.41) is 12.3. The lowest BCUT2D eigenvalue weighted by atomic mass is 10.1. The van der Waals surface area contributed by atoms with E-state index in [9.17, 15) is 13.2 Å². The second-order valence-corrected chi connectivity index (χ2v) is 6.95. The number of aliphatic imine (C=N–C) groups is 1. The summed E-state index contributed by atoms with van der Waals surface area (Å²) in [5.74, 6) is 2.38. The maximum absolute atomic E-state index is 12.6. The number of thiazole rings is 1. The fourth-order valence-electron chi connectivity index (χ4n) is 2.78.